The highest BCUT2D eigenvalue weighted by Gasteiger charge is 2.33. The predicted octanol–water partition coefficient (Wildman–Crippen LogP) is 1.95. The van der Waals surface area contributed by atoms with E-state index in [1.54, 1.807) is 4.68 Å². The molecule has 1 unspecified atom stereocenters. The molecule has 7 nitrogen and oxygen atoms in total. The minimum atomic E-state index is -1.24. The van der Waals surface area contributed by atoms with E-state index in [1.165, 1.54) is 19.3 Å². The zero-order valence-electron chi connectivity index (χ0n) is 16.9. The van der Waals surface area contributed by atoms with Crippen LogP contribution in [0.5, 0.6) is 0 Å². The van der Waals surface area contributed by atoms with E-state index in [2.05, 4.69) is 14.9 Å². The van der Waals surface area contributed by atoms with Gasteiger partial charge in [-0.15, -0.1) is 0 Å². The van der Waals surface area contributed by atoms with Crippen molar-refractivity contribution in [3.05, 3.63) is 36.5 Å². The van der Waals surface area contributed by atoms with E-state index in [1.807, 2.05) is 47.9 Å². The van der Waals surface area contributed by atoms with Gasteiger partial charge in [-0.3, -0.25) is 18.9 Å². The fraction of sp³-hybridized carbons (Fsp3) is 0.524. The predicted molar refractivity (Wildman–Crippen MR) is 115 cm³/mol. The zero-order chi connectivity index (χ0) is 19.8. The third-order valence-corrected chi connectivity index (χ3v) is 7.65. The molecule has 2 aliphatic heterocycles. The van der Waals surface area contributed by atoms with Crippen LogP contribution < -0.4 is 0 Å². The molecule has 29 heavy (non-hydrogen) atoms. The van der Waals surface area contributed by atoms with Gasteiger partial charge in [0.05, 0.1) is 23.7 Å². The normalized spacial score (nSPS) is 21.9. The van der Waals surface area contributed by atoms with E-state index in [9.17, 15) is 4.21 Å². The molecule has 1 aromatic heterocycles. The molecule has 3 heterocycles. The third-order valence-electron chi connectivity index (χ3n) is 6.23. The van der Waals surface area contributed by atoms with Crippen LogP contribution in [0, 0.1) is 0 Å². The van der Waals surface area contributed by atoms with Crippen LogP contribution in [0.15, 0.2) is 46.4 Å². The fourth-order valence-corrected chi connectivity index (χ4v) is 5.50. The lowest BCUT2D eigenvalue weighted by Crippen LogP contribution is -2.55. The molecule has 154 valence electrons. The first-order valence-corrected chi connectivity index (χ1v) is 11.6. The number of rotatable bonds is 4. The van der Waals surface area contributed by atoms with E-state index in [-0.39, 0.29) is 0 Å². The molecule has 8 heteroatoms. The van der Waals surface area contributed by atoms with Gasteiger partial charge in [-0.25, -0.2) is 4.21 Å². The molecule has 5 rings (SSSR count). The summed E-state index contributed by atoms with van der Waals surface area (Å²) in [5.41, 5.74) is 1.96. The molecule has 0 amide bonds. The first-order valence-electron chi connectivity index (χ1n) is 10.5. The van der Waals surface area contributed by atoms with E-state index in [4.69, 9.17) is 4.99 Å². The highest BCUT2D eigenvalue weighted by molar-refractivity contribution is 7.83. The van der Waals surface area contributed by atoms with Crippen LogP contribution in [-0.4, -0.2) is 79.4 Å². The third kappa shape index (κ3) is 3.71. The van der Waals surface area contributed by atoms with Crippen LogP contribution in [0.25, 0.3) is 11.3 Å². The lowest BCUT2D eigenvalue weighted by atomic mass is 9.91. The number of hydrogen-bond acceptors (Lipinski definition) is 5. The Hall–Kier alpha value is -2.19. The standard InChI is InChI=1S/C21H28N6OS/c1-24-11-9-20(23-24)17-5-7-19(8-6-17)29(28)27-12-10-22-21(27)26-15-13-25(14-16-26)18-3-2-4-18/h5-9,11,18H,2-4,10,12-16H2,1H3. The van der Waals surface area contributed by atoms with E-state index in [0.29, 0.717) is 6.54 Å². The number of guanidine groups is 1. The molecule has 1 aliphatic carbocycles. The summed E-state index contributed by atoms with van der Waals surface area (Å²) in [5, 5.41) is 4.44. The Balaban J connectivity index is 1.25. The van der Waals surface area contributed by atoms with Gasteiger partial charge < -0.3 is 4.90 Å². The van der Waals surface area contributed by atoms with Crippen molar-refractivity contribution in [3.63, 3.8) is 0 Å². The Bertz CT molecular complexity index is 912. The number of benzene rings is 1. The smallest absolute Gasteiger partial charge is 0.209 e. The topological polar surface area (TPSA) is 57.0 Å². The molecule has 1 aromatic carbocycles. The summed E-state index contributed by atoms with van der Waals surface area (Å²) >= 11 is 0. The molecule has 0 spiro atoms. The molecule has 2 aromatic rings. The Morgan fingerprint density at radius 1 is 1.00 bits per heavy atom. The number of aliphatic imine (C=N–C) groups is 1. The van der Waals surface area contributed by atoms with Gasteiger partial charge in [-0.05, 0) is 31.0 Å². The molecule has 1 saturated heterocycles. The molecule has 0 radical (unpaired) electrons. The maximum atomic E-state index is 13.3. The van der Waals surface area contributed by atoms with Crippen molar-refractivity contribution in [1.82, 2.24) is 23.9 Å². The number of hydrogen-bond donors (Lipinski definition) is 0. The largest absolute Gasteiger partial charge is 0.339 e. The monoisotopic (exact) mass is 412 g/mol. The van der Waals surface area contributed by atoms with Crippen LogP contribution in [-0.2, 0) is 18.0 Å². The van der Waals surface area contributed by atoms with E-state index >= 15 is 0 Å². The average molecular weight is 413 g/mol. The van der Waals surface area contributed by atoms with Gasteiger partial charge >= 0.3 is 0 Å². The summed E-state index contributed by atoms with van der Waals surface area (Å²) in [5.74, 6) is 0.908. The van der Waals surface area contributed by atoms with Crippen molar-refractivity contribution >= 4 is 16.9 Å². The van der Waals surface area contributed by atoms with Crippen molar-refractivity contribution in [2.45, 2.75) is 30.2 Å². The highest BCUT2D eigenvalue weighted by atomic mass is 32.2. The Morgan fingerprint density at radius 2 is 1.76 bits per heavy atom. The molecule has 2 fully saturated rings. The van der Waals surface area contributed by atoms with Gasteiger partial charge in [0.25, 0.3) is 0 Å². The molecule has 1 saturated carbocycles. The number of piperazine rings is 1. The number of aryl methyl sites for hydroxylation is 1. The minimum Gasteiger partial charge on any atom is -0.339 e. The summed E-state index contributed by atoms with van der Waals surface area (Å²) < 4.78 is 17.0. The molecular weight excluding hydrogens is 384 g/mol. The average Bonchev–Trinajstić information content (AvgIpc) is 3.36. The van der Waals surface area contributed by atoms with Crippen LogP contribution in [0.4, 0.5) is 0 Å². The minimum absolute atomic E-state index is 0.715. The molecule has 1 atom stereocenters. The van der Waals surface area contributed by atoms with E-state index in [0.717, 1.165) is 60.9 Å². The molecule has 0 N–H and O–H groups in total. The lowest BCUT2D eigenvalue weighted by molar-refractivity contribution is 0.0834. The maximum Gasteiger partial charge on any atom is 0.209 e. The van der Waals surface area contributed by atoms with Crippen LogP contribution in [0.3, 0.4) is 0 Å². The first kappa shape index (κ1) is 18.8. The van der Waals surface area contributed by atoms with Gasteiger partial charge in [0.1, 0.15) is 0 Å². The second-order valence-corrected chi connectivity index (χ2v) is 9.45. The van der Waals surface area contributed by atoms with Gasteiger partial charge in [0, 0.05) is 51.0 Å². The van der Waals surface area contributed by atoms with Crippen molar-refractivity contribution in [3.8, 4) is 11.3 Å². The maximum absolute atomic E-state index is 13.3. The fourth-order valence-electron chi connectivity index (χ4n) is 4.31. The first-order chi connectivity index (χ1) is 14.2. The van der Waals surface area contributed by atoms with E-state index < -0.39 is 11.0 Å². The summed E-state index contributed by atoms with van der Waals surface area (Å²) in [4.78, 5) is 10.5. The SMILES string of the molecule is Cn1ccc(-c2ccc(S(=O)N3CCN=C3N3CCN(C4CCC4)CC3)cc2)n1. The Morgan fingerprint density at radius 3 is 2.38 bits per heavy atom. The van der Waals surface area contributed by atoms with Crippen molar-refractivity contribution in [1.29, 1.82) is 0 Å². The zero-order valence-corrected chi connectivity index (χ0v) is 17.7. The summed E-state index contributed by atoms with van der Waals surface area (Å²) in [6.07, 6.45) is 6.01. The quantitative estimate of drug-likeness (QED) is 0.770. The van der Waals surface area contributed by atoms with Crippen LogP contribution >= 0.6 is 0 Å². The van der Waals surface area contributed by atoms with Gasteiger partial charge in [-0.1, -0.05) is 18.6 Å². The van der Waals surface area contributed by atoms with Crippen molar-refractivity contribution in [2.24, 2.45) is 12.0 Å². The Labute approximate surface area is 174 Å². The molecular formula is C21H28N6OS. The number of nitrogens with zero attached hydrogens (tertiary/aromatic N) is 6. The number of aromatic nitrogens is 2. The summed E-state index contributed by atoms with van der Waals surface area (Å²) in [6.45, 7) is 5.55. The van der Waals surface area contributed by atoms with Crippen molar-refractivity contribution < 1.29 is 4.21 Å². The van der Waals surface area contributed by atoms with Gasteiger partial charge in [-0.2, -0.15) is 5.10 Å². The lowest BCUT2D eigenvalue weighted by Gasteiger charge is -2.44. The summed E-state index contributed by atoms with van der Waals surface area (Å²) in [7, 11) is 0.674. The second kappa shape index (κ2) is 7.91. The molecule has 3 aliphatic rings. The second-order valence-electron chi connectivity index (χ2n) is 8.04. The highest BCUT2D eigenvalue weighted by Crippen LogP contribution is 2.26. The molecule has 0 bridgehead atoms. The Kier molecular flexibility index (Phi) is 5.13. The van der Waals surface area contributed by atoms with Gasteiger partial charge in [0.2, 0.25) is 5.96 Å². The van der Waals surface area contributed by atoms with Crippen LogP contribution in [0.2, 0.25) is 0 Å². The summed E-state index contributed by atoms with van der Waals surface area (Å²) in [6, 6.07) is 10.7. The van der Waals surface area contributed by atoms with Crippen molar-refractivity contribution in [2.75, 3.05) is 39.3 Å². The van der Waals surface area contributed by atoms with Gasteiger partial charge in [0.15, 0.2) is 11.0 Å². The van der Waals surface area contributed by atoms with Crippen LogP contribution in [0.1, 0.15) is 19.3 Å².